The molecule has 0 bridgehead atoms. The zero-order valence-corrected chi connectivity index (χ0v) is 11.3. The van der Waals surface area contributed by atoms with Crippen molar-refractivity contribution < 1.29 is 13.9 Å². The fourth-order valence-electron chi connectivity index (χ4n) is 2.08. The first-order valence-electron chi connectivity index (χ1n) is 5.85. The monoisotopic (exact) mass is 298 g/mol. The summed E-state index contributed by atoms with van der Waals surface area (Å²) in [7, 11) is 0. The van der Waals surface area contributed by atoms with Crippen molar-refractivity contribution in [3.63, 3.8) is 0 Å². The van der Waals surface area contributed by atoms with Crippen LogP contribution in [0.4, 0.5) is 0 Å². The Kier molecular flexibility index (Phi) is 4.05. The average molecular weight is 299 g/mol. The van der Waals surface area contributed by atoms with Gasteiger partial charge in [0.1, 0.15) is 0 Å². The minimum atomic E-state index is -0.382. The van der Waals surface area contributed by atoms with Crippen LogP contribution in [-0.4, -0.2) is 12.6 Å². The normalized spacial score (nSPS) is 19.3. The van der Waals surface area contributed by atoms with Crippen molar-refractivity contribution in [3.8, 4) is 0 Å². The van der Waals surface area contributed by atoms with Gasteiger partial charge in [0.25, 0.3) is 0 Å². The summed E-state index contributed by atoms with van der Waals surface area (Å²) >= 11 is 3.27. The molecule has 1 aliphatic rings. The van der Waals surface area contributed by atoms with E-state index in [0.717, 1.165) is 24.8 Å². The lowest BCUT2D eigenvalue weighted by atomic mass is 9.89. The molecule has 0 fully saturated rings. The minimum Gasteiger partial charge on any atom is -0.460 e. The highest BCUT2D eigenvalue weighted by Crippen LogP contribution is 2.34. The Morgan fingerprint density at radius 1 is 1.65 bits per heavy atom. The highest BCUT2D eigenvalue weighted by Gasteiger charge is 2.24. The van der Waals surface area contributed by atoms with Crippen LogP contribution in [0.5, 0.6) is 0 Å². The zero-order chi connectivity index (χ0) is 12.3. The van der Waals surface area contributed by atoms with Crippen LogP contribution in [0.25, 0.3) is 0 Å². The molecule has 3 nitrogen and oxygen atoms in total. The van der Waals surface area contributed by atoms with Gasteiger partial charge in [-0.2, -0.15) is 0 Å². The van der Waals surface area contributed by atoms with Crippen LogP contribution in [-0.2, 0) is 4.74 Å². The third kappa shape index (κ3) is 2.80. The largest absolute Gasteiger partial charge is 0.460 e. The maximum Gasteiger partial charge on any atom is 0.374 e. The van der Waals surface area contributed by atoms with Crippen molar-refractivity contribution >= 4 is 21.9 Å². The predicted octanol–water partition coefficient (Wildman–Crippen LogP) is 4.04. The molecule has 0 spiro atoms. The smallest absolute Gasteiger partial charge is 0.374 e. The Labute approximate surface area is 109 Å². The van der Waals surface area contributed by atoms with Gasteiger partial charge in [-0.25, -0.2) is 4.79 Å². The fourth-order valence-corrected chi connectivity index (χ4v) is 2.49. The molecular formula is C13H15BrO3. The van der Waals surface area contributed by atoms with Gasteiger partial charge in [-0.3, -0.25) is 0 Å². The first-order valence-corrected chi connectivity index (χ1v) is 6.64. The number of ether oxygens (including phenoxy) is 1. The Morgan fingerprint density at radius 3 is 3.12 bits per heavy atom. The summed E-state index contributed by atoms with van der Waals surface area (Å²) in [6.07, 6.45) is 7.61. The van der Waals surface area contributed by atoms with Crippen molar-refractivity contribution in [1.29, 1.82) is 0 Å². The van der Waals surface area contributed by atoms with E-state index in [0.29, 0.717) is 17.0 Å². The first kappa shape index (κ1) is 12.4. The second-order valence-corrected chi connectivity index (χ2v) is 4.80. The Balaban J connectivity index is 2.29. The number of allylic oxidation sites excluding steroid dienone is 2. The van der Waals surface area contributed by atoms with Crippen molar-refractivity contribution in [3.05, 3.63) is 34.2 Å². The molecule has 2 rings (SSSR count). The summed E-state index contributed by atoms with van der Waals surface area (Å²) in [5.41, 5.74) is 0.922. The van der Waals surface area contributed by atoms with Gasteiger partial charge in [-0.1, -0.05) is 12.2 Å². The molecule has 0 amide bonds. The molecule has 1 aromatic heterocycles. The molecule has 4 heteroatoms. The Hall–Kier alpha value is -1.03. The van der Waals surface area contributed by atoms with E-state index in [9.17, 15) is 4.79 Å². The molecule has 1 atom stereocenters. The summed E-state index contributed by atoms with van der Waals surface area (Å²) in [5, 5.41) is 0. The highest BCUT2D eigenvalue weighted by atomic mass is 79.9. The first-order chi connectivity index (χ1) is 8.22. The summed E-state index contributed by atoms with van der Waals surface area (Å²) < 4.78 is 11.0. The van der Waals surface area contributed by atoms with Gasteiger partial charge in [0.05, 0.1) is 6.61 Å². The van der Waals surface area contributed by atoms with Crippen LogP contribution in [0.3, 0.4) is 0 Å². The van der Waals surface area contributed by atoms with Crippen molar-refractivity contribution in [2.75, 3.05) is 6.61 Å². The topological polar surface area (TPSA) is 39.4 Å². The fraction of sp³-hybridized carbons (Fsp3) is 0.462. The second-order valence-electron chi connectivity index (χ2n) is 4.02. The van der Waals surface area contributed by atoms with Gasteiger partial charge in [-0.15, -0.1) is 0 Å². The molecule has 0 saturated heterocycles. The van der Waals surface area contributed by atoms with E-state index >= 15 is 0 Å². The Bertz CT molecular complexity index is 434. The molecule has 0 radical (unpaired) electrons. The molecule has 1 unspecified atom stereocenters. The molecule has 0 N–H and O–H groups in total. The van der Waals surface area contributed by atoms with E-state index in [1.165, 1.54) is 0 Å². The molecule has 1 heterocycles. The number of rotatable bonds is 3. The summed E-state index contributed by atoms with van der Waals surface area (Å²) in [5.74, 6) is 0.209. The minimum absolute atomic E-state index is 0.262. The standard InChI is InChI=1S/C13H15BrO3/c1-2-16-13(15)12-10(8-11(14)17-12)9-6-4-3-5-7-9/h4,6,8-9H,2-3,5,7H2,1H3. The molecular weight excluding hydrogens is 284 g/mol. The second kappa shape index (κ2) is 5.54. The molecule has 0 aliphatic heterocycles. The van der Waals surface area contributed by atoms with Gasteiger partial charge in [0.2, 0.25) is 5.76 Å². The third-order valence-electron chi connectivity index (χ3n) is 2.85. The number of carbonyl (C=O) groups is 1. The van der Waals surface area contributed by atoms with Crippen LogP contribution < -0.4 is 0 Å². The number of hydrogen-bond donors (Lipinski definition) is 0. The van der Waals surface area contributed by atoms with Gasteiger partial charge < -0.3 is 9.15 Å². The number of furan rings is 1. The maximum atomic E-state index is 11.8. The number of hydrogen-bond acceptors (Lipinski definition) is 3. The van der Waals surface area contributed by atoms with Crippen LogP contribution >= 0.6 is 15.9 Å². The lowest BCUT2D eigenvalue weighted by Crippen LogP contribution is -2.09. The lowest BCUT2D eigenvalue weighted by Gasteiger charge is -2.15. The van der Waals surface area contributed by atoms with E-state index in [1.807, 2.05) is 6.07 Å². The van der Waals surface area contributed by atoms with E-state index in [2.05, 4.69) is 28.1 Å². The lowest BCUT2D eigenvalue weighted by molar-refractivity contribution is 0.0486. The predicted molar refractivity (Wildman–Crippen MR) is 68.1 cm³/mol. The molecule has 1 aliphatic carbocycles. The number of esters is 1. The van der Waals surface area contributed by atoms with Crippen LogP contribution in [0.1, 0.15) is 48.2 Å². The van der Waals surface area contributed by atoms with E-state index in [4.69, 9.17) is 9.15 Å². The highest BCUT2D eigenvalue weighted by molar-refractivity contribution is 9.10. The summed E-state index contributed by atoms with van der Waals surface area (Å²) in [4.78, 5) is 11.8. The van der Waals surface area contributed by atoms with Gasteiger partial charge in [0.15, 0.2) is 4.67 Å². The molecule has 92 valence electrons. The van der Waals surface area contributed by atoms with Crippen LogP contribution in [0, 0.1) is 0 Å². The molecule has 17 heavy (non-hydrogen) atoms. The van der Waals surface area contributed by atoms with Crippen molar-refractivity contribution in [2.24, 2.45) is 0 Å². The quantitative estimate of drug-likeness (QED) is 0.624. The molecule has 1 aromatic rings. The van der Waals surface area contributed by atoms with Crippen molar-refractivity contribution in [2.45, 2.75) is 32.1 Å². The van der Waals surface area contributed by atoms with Crippen LogP contribution in [0.15, 0.2) is 27.3 Å². The van der Waals surface area contributed by atoms with E-state index < -0.39 is 0 Å². The van der Waals surface area contributed by atoms with Crippen LogP contribution in [0.2, 0.25) is 0 Å². The summed E-state index contributed by atoms with van der Waals surface area (Å²) in [6.45, 7) is 2.15. The van der Waals surface area contributed by atoms with Crippen molar-refractivity contribution in [1.82, 2.24) is 0 Å². The SMILES string of the molecule is CCOC(=O)c1oc(Br)cc1C1C=CCCC1. The van der Waals surface area contributed by atoms with E-state index in [1.54, 1.807) is 6.92 Å². The van der Waals surface area contributed by atoms with Gasteiger partial charge in [0, 0.05) is 11.5 Å². The maximum absolute atomic E-state index is 11.8. The number of halogens is 1. The average Bonchev–Trinajstić information content (AvgIpc) is 2.73. The zero-order valence-electron chi connectivity index (χ0n) is 9.74. The van der Waals surface area contributed by atoms with Gasteiger partial charge in [-0.05, 0) is 48.2 Å². The third-order valence-corrected chi connectivity index (χ3v) is 3.24. The molecule has 0 aromatic carbocycles. The Morgan fingerprint density at radius 2 is 2.47 bits per heavy atom. The molecule has 0 saturated carbocycles. The number of carbonyl (C=O) groups excluding carboxylic acids is 1. The van der Waals surface area contributed by atoms with Gasteiger partial charge >= 0.3 is 5.97 Å². The van der Waals surface area contributed by atoms with E-state index in [-0.39, 0.29) is 11.9 Å². The summed E-state index contributed by atoms with van der Waals surface area (Å²) in [6, 6.07) is 1.87.